The van der Waals surface area contributed by atoms with Crippen molar-refractivity contribution >= 4 is 0 Å². The average molecular weight is 518 g/mol. The Kier molecular flexibility index (Phi) is 24.8. The molecule has 0 atom stereocenters. The third-order valence-corrected chi connectivity index (χ3v) is 8.35. The Bertz CT molecular complexity index is 576. The van der Waals surface area contributed by atoms with Crippen LogP contribution in [0.25, 0.3) is 0 Å². The van der Waals surface area contributed by atoms with E-state index in [9.17, 15) is 0 Å². The van der Waals surface area contributed by atoms with Crippen LogP contribution in [-0.2, 0) is 19.5 Å². The van der Waals surface area contributed by atoms with Gasteiger partial charge in [-0.05, 0) is 25.7 Å². The zero-order valence-corrected chi connectivity index (χ0v) is 26.1. The number of unbranched alkanes of at least 4 members (excludes halogenated alkanes) is 23. The summed E-state index contributed by atoms with van der Waals surface area (Å²) in [6.07, 6.45) is 43.0. The first-order valence-corrected chi connectivity index (χ1v) is 17.4. The largest absolute Gasteiger partial charge is 0.256 e. The van der Waals surface area contributed by atoms with E-state index in [1.807, 2.05) is 0 Å². The molecule has 0 spiro atoms. The van der Waals surface area contributed by atoms with Gasteiger partial charge in [-0.2, -0.15) is 0 Å². The van der Waals surface area contributed by atoms with Crippen LogP contribution in [0.4, 0.5) is 0 Å². The van der Waals surface area contributed by atoms with Gasteiger partial charge in [0.05, 0.1) is 13.1 Å². The van der Waals surface area contributed by atoms with Gasteiger partial charge in [0.2, 0.25) is 0 Å². The van der Waals surface area contributed by atoms with E-state index in [2.05, 4.69) is 42.3 Å². The summed E-state index contributed by atoms with van der Waals surface area (Å²) in [6, 6.07) is 0. The molecule has 0 unspecified atom stereocenters. The summed E-state index contributed by atoms with van der Waals surface area (Å²) in [6.45, 7) is 9.36. The summed E-state index contributed by atoms with van der Waals surface area (Å²) in [5.41, 5.74) is 0. The lowest BCUT2D eigenvalue weighted by atomic mass is 10.0. The minimum atomic E-state index is 1.20. The maximum atomic E-state index is 2.60. The van der Waals surface area contributed by atoms with Gasteiger partial charge in [0, 0.05) is 6.42 Å². The maximum Gasteiger partial charge on any atom is 0.256 e. The highest BCUT2D eigenvalue weighted by Crippen LogP contribution is 2.14. The first-order chi connectivity index (χ1) is 18.3. The van der Waals surface area contributed by atoms with E-state index in [1.165, 1.54) is 186 Å². The number of aromatic nitrogens is 2. The van der Waals surface area contributed by atoms with Crippen molar-refractivity contribution in [3.63, 3.8) is 0 Å². The van der Waals surface area contributed by atoms with Crippen molar-refractivity contribution in [3.05, 3.63) is 18.2 Å². The molecule has 0 saturated heterocycles. The number of hydrogen-bond donors (Lipinski definition) is 0. The third-order valence-electron chi connectivity index (χ3n) is 8.35. The van der Waals surface area contributed by atoms with Gasteiger partial charge in [-0.15, -0.1) is 0 Å². The number of imidazole rings is 1. The molecule has 0 radical (unpaired) electrons. The topological polar surface area (TPSA) is 8.81 Å². The molecule has 37 heavy (non-hydrogen) atoms. The molecule has 218 valence electrons. The zero-order valence-electron chi connectivity index (χ0n) is 26.1. The van der Waals surface area contributed by atoms with E-state index in [-0.39, 0.29) is 0 Å². The zero-order chi connectivity index (χ0) is 26.7. The van der Waals surface area contributed by atoms with Crippen molar-refractivity contribution in [1.29, 1.82) is 0 Å². The first kappa shape index (κ1) is 34.2. The van der Waals surface area contributed by atoms with E-state index in [4.69, 9.17) is 0 Å². The van der Waals surface area contributed by atoms with Gasteiger partial charge in [0.25, 0.3) is 5.82 Å². The Morgan fingerprint density at radius 1 is 0.459 bits per heavy atom. The van der Waals surface area contributed by atoms with E-state index >= 15 is 0 Å². The smallest absolute Gasteiger partial charge is 0.234 e. The van der Waals surface area contributed by atoms with Crippen LogP contribution in [0.5, 0.6) is 0 Å². The summed E-state index contributed by atoms with van der Waals surface area (Å²) < 4.78 is 5.16. The Labute approximate surface area is 234 Å². The monoisotopic (exact) mass is 518 g/mol. The molecule has 0 amide bonds. The summed E-state index contributed by atoms with van der Waals surface area (Å²) in [7, 11) is 0. The van der Waals surface area contributed by atoms with Crippen LogP contribution in [0, 0.1) is 0 Å². The normalized spacial score (nSPS) is 11.5. The molecule has 0 bridgehead atoms. The van der Waals surface area contributed by atoms with E-state index in [1.54, 1.807) is 5.82 Å². The fourth-order valence-electron chi connectivity index (χ4n) is 5.77. The Morgan fingerprint density at radius 3 is 1.27 bits per heavy atom. The van der Waals surface area contributed by atoms with Crippen molar-refractivity contribution in [2.75, 3.05) is 0 Å². The van der Waals surface area contributed by atoms with Crippen LogP contribution in [0.1, 0.15) is 194 Å². The quantitative estimate of drug-likeness (QED) is 0.0737. The van der Waals surface area contributed by atoms with E-state index in [0.29, 0.717) is 0 Å². The molecule has 0 saturated carbocycles. The second kappa shape index (κ2) is 26.8. The van der Waals surface area contributed by atoms with Crippen molar-refractivity contribution in [2.45, 2.75) is 207 Å². The summed E-state index contributed by atoms with van der Waals surface area (Å²) in [4.78, 5) is 0. The lowest BCUT2D eigenvalue weighted by Crippen LogP contribution is -2.37. The molecule has 2 nitrogen and oxygen atoms in total. The SMILES string of the molecule is CCCCCCCCCCCCCCCCCC[n+]1ccn(CCCC)c1CCCCCCCCCC. The predicted molar refractivity (Wildman–Crippen MR) is 165 cm³/mol. The summed E-state index contributed by atoms with van der Waals surface area (Å²) >= 11 is 0. The van der Waals surface area contributed by atoms with Gasteiger partial charge in [-0.3, -0.25) is 0 Å². The number of hydrogen-bond acceptors (Lipinski definition) is 0. The summed E-state index contributed by atoms with van der Waals surface area (Å²) in [5.74, 6) is 1.60. The third kappa shape index (κ3) is 19.9. The Balaban J connectivity index is 2.09. The molecule has 1 rings (SSSR count). The number of rotatable bonds is 29. The van der Waals surface area contributed by atoms with Crippen LogP contribution >= 0.6 is 0 Å². The molecule has 0 aromatic carbocycles. The van der Waals surface area contributed by atoms with E-state index < -0.39 is 0 Å². The molecule has 2 heteroatoms. The maximum absolute atomic E-state index is 2.60. The van der Waals surface area contributed by atoms with Gasteiger partial charge < -0.3 is 0 Å². The highest BCUT2D eigenvalue weighted by molar-refractivity contribution is 4.84. The highest BCUT2D eigenvalue weighted by Gasteiger charge is 2.16. The van der Waals surface area contributed by atoms with Gasteiger partial charge in [0.1, 0.15) is 12.4 Å². The van der Waals surface area contributed by atoms with Crippen LogP contribution in [0.2, 0.25) is 0 Å². The molecule has 1 heterocycles. The van der Waals surface area contributed by atoms with Gasteiger partial charge in [-0.1, -0.05) is 162 Å². The molecular weight excluding hydrogens is 448 g/mol. The van der Waals surface area contributed by atoms with Crippen LogP contribution in [-0.4, -0.2) is 4.57 Å². The van der Waals surface area contributed by atoms with Crippen molar-refractivity contribution in [3.8, 4) is 0 Å². The second-order valence-electron chi connectivity index (χ2n) is 12.0. The van der Waals surface area contributed by atoms with Crippen LogP contribution < -0.4 is 4.57 Å². The number of aryl methyl sites for hydroxylation is 2. The molecule has 0 aliphatic heterocycles. The Morgan fingerprint density at radius 2 is 0.838 bits per heavy atom. The number of nitrogens with zero attached hydrogens (tertiary/aromatic N) is 2. The lowest BCUT2D eigenvalue weighted by Gasteiger charge is -2.06. The van der Waals surface area contributed by atoms with Crippen LogP contribution in [0.15, 0.2) is 12.4 Å². The molecule has 0 N–H and O–H groups in total. The fraction of sp³-hybridized carbons (Fsp3) is 0.914. The van der Waals surface area contributed by atoms with Crippen molar-refractivity contribution in [1.82, 2.24) is 4.57 Å². The van der Waals surface area contributed by atoms with E-state index in [0.717, 1.165) is 0 Å². The predicted octanol–water partition coefficient (Wildman–Crippen LogP) is 11.5. The lowest BCUT2D eigenvalue weighted by molar-refractivity contribution is -0.704. The fourth-order valence-corrected chi connectivity index (χ4v) is 5.77. The highest BCUT2D eigenvalue weighted by atomic mass is 15.1. The molecule has 1 aromatic heterocycles. The molecule has 0 aliphatic rings. The van der Waals surface area contributed by atoms with Crippen molar-refractivity contribution < 1.29 is 4.57 Å². The standard InChI is InChI=1S/C35H69N2/c1-4-7-10-12-14-16-17-18-19-20-21-22-23-25-27-29-32-37-34-33-36(31-9-6-3)35(37)30-28-26-24-15-13-11-8-5-2/h33-34H,4-32H2,1-3H3/q+1. The van der Waals surface area contributed by atoms with Gasteiger partial charge in [0.15, 0.2) is 0 Å². The molecule has 0 aliphatic carbocycles. The van der Waals surface area contributed by atoms with Gasteiger partial charge in [-0.25, -0.2) is 9.13 Å². The van der Waals surface area contributed by atoms with Gasteiger partial charge >= 0.3 is 0 Å². The average Bonchev–Trinajstić information content (AvgIpc) is 3.29. The Hall–Kier alpha value is -0.790. The minimum Gasteiger partial charge on any atom is -0.234 e. The summed E-state index contributed by atoms with van der Waals surface area (Å²) in [5, 5.41) is 0. The minimum absolute atomic E-state index is 1.20. The first-order valence-electron chi connectivity index (χ1n) is 17.4. The molecule has 1 aromatic rings. The van der Waals surface area contributed by atoms with Crippen molar-refractivity contribution in [2.24, 2.45) is 0 Å². The second-order valence-corrected chi connectivity index (χ2v) is 12.0. The van der Waals surface area contributed by atoms with Crippen LogP contribution in [0.3, 0.4) is 0 Å². The molecular formula is C35H69N2+. The molecule has 0 fully saturated rings.